The maximum atomic E-state index is 12.1. The lowest BCUT2D eigenvalue weighted by atomic mass is 10.1. The molecule has 20 heavy (non-hydrogen) atoms. The summed E-state index contributed by atoms with van der Waals surface area (Å²) in [4.78, 5) is 15.9. The minimum Gasteiger partial charge on any atom is -0.365 e. The molecule has 0 aliphatic heterocycles. The molecule has 0 unspecified atom stereocenters. The van der Waals surface area contributed by atoms with E-state index in [1.807, 2.05) is 45.0 Å². The largest absolute Gasteiger partial charge is 0.365 e. The summed E-state index contributed by atoms with van der Waals surface area (Å²) in [6, 6.07) is 14.8. The molecular weight excluding hydrogens is 248 g/mol. The molecule has 3 nitrogen and oxygen atoms in total. The molecule has 0 spiro atoms. The van der Waals surface area contributed by atoms with Crippen LogP contribution in [0.1, 0.15) is 13.8 Å². The molecule has 0 aliphatic carbocycles. The summed E-state index contributed by atoms with van der Waals surface area (Å²) in [7, 11) is 3.80. The van der Waals surface area contributed by atoms with E-state index >= 15 is 0 Å². The highest BCUT2D eigenvalue weighted by atomic mass is 16.2. The molecule has 0 bridgehead atoms. The smallest absolute Gasteiger partial charge is 0.242 e. The summed E-state index contributed by atoms with van der Waals surface area (Å²) in [5, 5.41) is 2.41. The third kappa shape index (κ3) is 3.10. The summed E-state index contributed by atoms with van der Waals surface area (Å²) >= 11 is 0. The number of amides is 1. The van der Waals surface area contributed by atoms with Crippen molar-refractivity contribution in [1.82, 2.24) is 4.90 Å². The van der Waals surface area contributed by atoms with Gasteiger partial charge in [-0.3, -0.25) is 4.79 Å². The van der Waals surface area contributed by atoms with E-state index in [1.54, 1.807) is 4.90 Å². The highest BCUT2D eigenvalue weighted by Gasteiger charge is 2.14. The molecule has 0 aliphatic rings. The third-order valence-corrected chi connectivity index (χ3v) is 3.71. The number of carbonyl (C=O) groups excluding carboxylic acids is 1. The van der Waals surface area contributed by atoms with Crippen molar-refractivity contribution in [2.24, 2.45) is 0 Å². The van der Waals surface area contributed by atoms with Gasteiger partial charge >= 0.3 is 0 Å². The van der Waals surface area contributed by atoms with Crippen LogP contribution in [0.25, 0.3) is 10.8 Å². The van der Waals surface area contributed by atoms with E-state index in [0.717, 1.165) is 5.69 Å². The standard InChI is InChI=1S/C17H22N2O/c1-13(2)19(4)17(20)12-18(3)16-10-9-14-7-5-6-8-15(14)11-16/h5-11,13H,12H2,1-4H3. The molecule has 0 aromatic heterocycles. The van der Waals surface area contributed by atoms with Gasteiger partial charge < -0.3 is 9.80 Å². The van der Waals surface area contributed by atoms with E-state index in [-0.39, 0.29) is 11.9 Å². The Morgan fingerprint density at radius 3 is 2.35 bits per heavy atom. The van der Waals surface area contributed by atoms with Crippen molar-refractivity contribution in [2.45, 2.75) is 19.9 Å². The summed E-state index contributed by atoms with van der Waals surface area (Å²) < 4.78 is 0. The van der Waals surface area contributed by atoms with Crippen molar-refractivity contribution in [1.29, 1.82) is 0 Å². The molecule has 0 heterocycles. The van der Waals surface area contributed by atoms with Crippen molar-refractivity contribution < 1.29 is 4.79 Å². The van der Waals surface area contributed by atoms with Crippen LogP contribution in [-0.2, 0) is 4.79 Å². The maximum Gasteiger partial charge on any atom is 0.242 e. The van der Waals surface area contributed by atoms with Crippen molar-refractivity contribution >= 4 is 22.4 Å². The first kappa shape index (κ1) is 14.4. The van der Waals surface area contributed by atoms with E-state index in [0.29, 0.717) is 6.54 Å². The van der Waals surface area contributed by atoms with E-state index < -0.39 is 0 Å². The molecule has 0 saturated carbocycles. The van der Waals surface area contributed by atoms with Crippen LogP contribution < -0.4 is 4.90 Å². The van der Waals surface area contributed by atoms with Crippen LogP contribution in [0, 0.1) is 0 Å². The molecule has 2 aromatic rings. The fraction of sp³-hybridized carbons (Fsp3) is 0.353. The number of fused-ring (bicyclic) bond motifs is 1. The van der Waals surface area contributed by atoms with Crippen molar-refractivity contribution in [3.63, 3.8) is 0 Å². The lowest BCUT2D eigenvalue weighted by molar-refractivity contribution is -0.129. The third-order valence-electron chi connectivity index (χ3n) is 3.71. The van der Waals surface area contributed by atoms with Gasteiger partial charge in [0.05, 0.1) is 6.54 Å². The minimum atomic E-state index is 0.135. The molecule has 0 fully saturated rings. The Bertz CT molecular complexity index is 607. The molecule has 3 heteroatoms. The van der Waals surface area contributed by atoms with Crippen molar-refractivity contribution in [3.8, 4) is 0 Å². The molecule has 2 rings (SSSR count). The average Bonchev–Trinajstić information content (AvgIpc) is 2.45. The van der Waals surface area contributed by atoms with Gasteiger partial charge in [0.15, 0.2) is 0 Å². The molecule has 0 atom stereocenters. The molecular formula is C17H22N2O. The van der Waals surface area contributed by atoms with Gasteiger partial charge in [0.2, 0.25) is 5.91 Å². The van der Waals surface area contributed by atoms with Gasteiger partial charge in [0, 0.05) is 25.8 Å². The number of likely N-dealkylation sites (N-methyl/N-ethyl adjacent to an activating group) is 2. The van der Waals surface area contributed by atoms with Crippen LogP contribution in [0.3, 0.4) is 0 Å². The molecule has 106 valence electrons. The topological polar surface area (TPSA) is 23.6 Å². The second-order valence-corrected chi connectivity index (χ2v) is 5.49. The summed E-state index contributed by atoms with van der Waals surface area (Å²) in [6.45, 7) is 4.44. The zero-order chi connectivity index (χ0) is 14.7. The number of rotatable bonds is 4. The highest BCUT2D eigenvalue weighted by Crippen LogP contribution is 2.21. The second-order valence-electron chi connectivity index (χ2n) is 5.49. The van der Waals surface area contributed by atoms with Gasteiger partial charge in [-0.05, 0) is 36.8 Å². The fourth-order valence-corrected chi connectivity index (χ4v) is 2.11. The van der Waals surface area contributed by atoms with E-state index in [9.17, 15) is 4.79 Å². The monoisotopic (exact) mass is 270 g/mol. The fourth-order valence-electron chi connectivity index (χ4n) is 2.11. The first-order chi connectivity index (χ1) is 9.49. The number of benzene rings is 2. The van der Waals surface area contributed by atoms with E-state index in [1.165, 1.54) is 10.8 Å². The van der Waals surface area contributed by atoms with Crippen molar-refractivity contribution in [2.75, 3.05) is 25.5 Å². The van der Waals surface area contributed by atoms with Gasteiger partial charge in [0.1, 0.15) is 0 Å². The van der Waals surface area contributed by atoms with Crippen LogP contribution in [0.2, 0.25) is 0 Å². The van der Waals surface area contributed by atoms with E-state index in [4.69, 9.17) is 0 Å². The SMILES string of the molecule is CC(C)N(C)C(=O)CN(C)c1ccc2ccccc2c1. The van der Waals surface area contributed by atoms with Gasteiger partial charge in [-0.15, -0.1) is 0 Å². The Hall–Kier alpha value is -2.03. The lowest BCUT2D eigenvalue weighted by Crippen LogP contribution is -2.40. The molecule has 0 saturated heterocycles. The molecule has 2 aromatic carbocycles. The van der Waals surface area contributed by atoms with Crippen LogP contribution in [0.5, 0.6) is 0 Å². The van der Waals surface area contributed by atoms with E-state index in [2.05, 4.69) is 30.3 Å². The Labute approximate surface area is 120 Å². The van der Waals surface area contributed by atoms with Gasteiger partial charge in [-0.2, -0.15) is 0 Å². The first-order valence-electron chi connectivity index (χ1n) is 6.94. The molecule has 0 radical (unpaired) electrons. The first-order valence-corrected chi connectivity index (χ1v) is 6.94. The zero-order valence-corrected chi connectivity index (χ0v) is 12.6. The normalized spacial score (nSPS) is 10.8. The Morgan fingerprint density at radius 1 is 1.05 bits per heavy atom. The molecule has 1 amide bonds. The number of anilines is 1. The predicted molar refractivity (Wildman–Crippen MR) is 85.1 cm³/mol. The number of nitrogens with zero attached hydrogens (tertiary/aromatic N) is 2. The molecule has 0 N–H and O–H groups in total. The maximum absolute atomic E-state index is 12.1. The van der Waals surface area contributed by atoms with Gasteiger partial charge in [-0.25, -0.2) is 0 Å². The van der Waals surface area contributed by atoms with Crippen LogP contribution >= 0.6 is 0 Å². The van der Waals surface area contributed by atoms with Crippen molar-refractivity contribution in [3.05, 3.63) is 42.5 Å². The predicted octanol–water partition coefficient (Wildman–Crippen LogP) is 3.14. The Balaban J connectivity index is 2.15. The summed E-state index contributed by atoms with van der Waals surface area (Å²) in [5.74, 6) is 0.135. The highest BCUT2D eigenvalue weighted by molar-refractivity contribution is 5.87. The summed E-state index contributed by atoms with van der Waals surface area (Å²) in [5.41, 5.74) is 1.06. The van der Waals surface area contributed by atoms with Crippen LogP contribution in [-0.4, -0.2) is 37.5 Å². The number of hydrogen-bond acceptors (Lipinski definition) is 2. The van der Waals surface area contributed by atoms with Crippen LogP contribution in [0.4, 0.5) is 5.69 Å². The quantitative estimate of drug-likeness (QED) is 0.852. The summed E-state index contributed by atoms with van der Waals surface area (Å²) in [6.07, 6.45) is 0. The lowest BCUT2D eigenvalue weighted by Gasteiger charge is -2.26. The Kier molecular flexibility index (Phi) is 4.28. The number of carbonyl (C=O) groups is 1. The Morgan fingerprint density at radius 2 is 1.70 bits per heavy atom. The number of hydrogen-bond donors (Lipinski definition) is 0. The van der Waals surface area contributed by atoms with Gasteiger partial charge in [-0.1, -0.05) is 30.3 Å². The zero-order valence-electron chi connectivity index (χ0n) is 12.6. The van der Waals surface area contributed by atoms with Crippen LogP contribution in [0.15, 0.2) is 42.5 Å². The second kappa shape index (κ2) is 5.95. The minimum absolute atomic E-state index is 0.135. The average molecular weight is 270 g/mol. The van der Waals surface area contributed by atoms with Gasteiger partial charge in [0.25, 0.3) is 0 Å².